The molecule has 0 spiro atoms. The second-order valence-corrected chi connectivity index (χ2v) is 11.3. The lowest BCUT2D eigenvalue weighted by atomic mass is 10.0. The molecule has 0 bridgehead atoms. The lowest BCUT2D eigenvalue weighted by Crippen LogP contribution is -2.55. The normalized spacial score (nSPS) is 19.1. The first kappa shape index (κ1) is 32.1. The van der Waals surface area contributed by atoms with Gasteiger partial charge in [0.05, 0.1) is 34.7 Å². The predicted octanol–water partition coefficient (Wildman–Crippen LogP) is 4.88. The molecule has 2 saturated heterocycles. The van der Waals surface area contributed by atoms with Crippen LogP contribution < -0.4 is 15.0 Å². The molecule has 2 amide bonds. The summed E-state index contributed by atoms with van der Waals surface area (Å²) in [6, 6.07) is 8.88. The van der Waals surface area contributed by atoms with Crippen LogP contribution >= 0.6 is 0 Å². The number of nitrogens with one attached hydrogen (secondary N) is 1. The maximum Gasteiger partial charge on any atom is 0.417 e. The minimum Gasteiger partial charge on any atom is -0.477 e. The Labute approximate surface area is 259 Å². The SMILES string of the molecule is CCOc1ncccc1-c1ccc(N2CCN(C(=O)c3ccc(F)cc3C(F)(F)F)C[C@H]2CC)c(C(=O)N[C@@H]2CCN(C)C2)n1. The Morgan fingerprint density at radius 1 is 1.07 bits per heavy atom. The van der Waals surface area contributed by atoms with Crippen molar-refractivity contribution in [1.29, 1.82) is 0 Å². The minimum atomic E-state index is -4.89. The number of alkyl halides is 3. The Morgan fingerprint density at radius 3 is 2.56 bits per heavy atom. The monoisotopic (exact) mass is 628 g/mol. The van der Waals surface area contributed by atoms with Crippen molar-refractivity contribution >= 4 is 17.5 Å². The second-order valence-electron chi connectivity index (χ2n) is 11.3. The molecular weight excluding hydrogens is 592 g/mol. The van der Waals surface area contributed by atoms with E-state index in [9.17, 15) is 27.2 Å². The van der Waals surface area contributed by atoms with Gasteiger partial charge in [0.2, 0.25) is 5.88 Å². The van der Waals surface area contributed by atoms with Crippen LogP contribution in [0.5, 0.6) is 5.88 Å². The largest absolute Gasteiger partial charge is 0.477 e. The summed E-state index contributed by atoms with van der Waals surface area (Å²) in [7, 11) is 1.99. The molecule has 2 aliphatic heterocycles. The number of likely N-dealkylation sites (N-methyl/N-ethyl adjacent to an activating group) is 1. The van der Waals surface area contributed by atoms with E-state index in [0.717, 1.165) is 25.1 Å². The highest BCUT2D eigenvalue weighted by atomic mass is 19.4. The fourth-order valence-electron chi connectivity index (χ4n) is 5.96. The summed E-state index contributed by atoms with van der Waals surface area (Å²) in [6.45, 7) is 6.17. The fourth-order valence-corrected chi connectivity index (χ4v) is 5.96. The summed E-state index contributed by atoms with van der Waals surface area (Å²) in [5, 5.41) is 3.11. The van der Waals surface area contributed by atoms with Crippen LogP contribution in [0.4, 0.5) is 23.2 Å². The van der Waals surface area contributed by atoms with E-state index in [2.05, 4.69) is 15.2 Å². The van der Waals surface area contributed by atoms with E-state index in [4.69, 9.17) is 9.72 Å². The molecule has 1 N–H and O–H groups in total. The molecule has 45 heavy (non-hydrogen) atoms. The second kappa shape index (κ2) is 13.4. The Hall–Kier alpha value is -4.26. The number of ether oxygens (including phenoxy) is 1. The topological polar surface area (TPSA) is 90.9 Å². The Bertz CT molecular complexity index is 1550. The molecule has 4 heterocycles. The number of likely N-dealkylation sites (tertiary alicyclic amines) is 1. The maximum absolute atomic E-state index is 13.8. The quantitative estimate of drug-likeness (QED) is 0.356. The number of benzene rings is 1. The number of aromatic nitrogens is 2. The summed E-state index contributed by atoms with van der Waals surface area (Å²) in [5.41, 5.74) is -0.0160. The molecule has 1 aromatic carbocycles. The number of nitrogens with zero attached hydrogens (tertiary/aromatic N) is 5. The van der Waals surface area contributed by atoms with Crippen LogP contribution in [-0.2, 0) is 6.18 Å². The number of piperazine rings is 1. The van der Waals surface area contributed by atoms with Gasteiger partial charge in [-0.15, -0.1) is 0 Å². The van der Waals surface area contributed by atoms with Gasteiger partial charge >= 0.3 is 6.18 Å². The number of hydrogen-bond acceptors (Lipinski definition) is 7. The van der Waals surface area contributed by atoms with Gasteiger partial charge in [-0.05, 0) is 75.8 Å². The molecular formula is C32H36F4N6O3. The van der Waals surface area contributed by atoms with Crippen LogP contribution in [0.1, 0.15) is 53.1 Å². The molecule has 2 aromatic heterocycles. The molecule has 9 nitrogen and oxygen atoms in total. The average Bonchev–Trinajstić information content (AvgIpc) is 3.44. The fraction of sp³-hybridized carbons (Fsp3) is 0.438. The van der Waals surface area contributed by atoms with E-state index >= 15 is 0 Å². The number of pyridine rings is 2. The maximum atomic E-state index is 13.8. The van der Waals surface area contributed by atoms with Crippen molar-refractivity contribution in [3.63, 3.8) is 0 Å². The smallest absolute Gasteiger partial charge is 0.417 e. The van der Waals surface area contributed by atoms with Crippen LogP contribution in [-0.4, -0.2) is 90.0 Å². The van der Waals surface area contributed by atoms with E-state index in [0.29, 0.717) is 48.5 Å². The number of hydrogen-bond donors (Lipinski definition) is 1. The Balaban J connectivity index is 1.47. The third kappa shape index (κ3) is 7.03. The Morgan fingerprint density at radius 2 is 1.87 bits per heavy atom. The number of amides is 2. The van der Waals surface area contributed by atoms with Gasteiger partial charge in [0.15, 0.2) is 5.69 Å². The minimum absolute atomic E-state index is 0.0480. The number of carbonyl (C=O) groups excluding carboxylic acids is 2. The van der Waals surface area contributed by atoms with E-state index in [1.54, 1.807) is 18.3 Å². The van der Waals surface area contributed by atoms with E-state index in [1.165, 1.54) is 4.90 Å². The third-order valence-electron chi connectivity index (χ3n) is 8.21. The van der Waals surface area contributed by atoms with Gasteiger partial charge in [0.25, 0.3) is 11.8 Å². The van der Waals surface area contributed by atoms with Gasteiger partial charge in [0, 0.05) is 44.5 Å². The molecule has 13 heteroatoms. The van der Waals surface area contributed by atoms with Crippen molar-refractivity contribution in [2.24, 2.45) is 0 Å². The van der Waals surface area contributed by atoms with E-state index in [1.807, 2.05) is 37.9 Å². The molecule has 2 fully saturated rings. The molecule has 0 radical (unpaired) electrons. The first-order chi connectivity index (χ1) is 21.5. The number of halogens is 4. The molecule has 0 aliphatic carbocycles. The number of carbonyl (C=O) groups is 2. The summed E-state index contributed by atoms with van der Waals surface area (Å²) < 4.78 is 60.5. The zero-order valence-electron chi connectivity index (χ0n) is 25.4. The van der Waals surface area contributed by atoms with E-state index < -0.39 is 29.0 Å². The molecule has 0 unspecified atom stereocenters. The molecule has 5 rings (SSSR count). The zero-order chi connectivity index (χ0) is 32.3. The highest BCUT2D eigenvalue weighted by Crippen LogP contribution is 2.35. The first-order valence-corrected chi connectivity index (χ1v) is 15.0. The summed E-state index contributed by atoms with van der Waals surface area (Å²) in [5.74, 6) is -1.84. The van der Waals surface area contributed by atoms with Crippen molar-refractivity contribution < 1.29 is 31.9 Å². The van der Waals surface area contributed by atoms with Crippen molar-refractivity contribution in [2.75, 3.05) is 51.3 Å². The third-order valence-corrected chi connectivity index (χ3v) is 8.21. The van der Waals surface area contributed by atoms with Gasteiger partial charge in [0.1, 0.15) is 5.82 Å². The zero-order valence-corrected chi connectivity index (χ0v) is 25.4. The summed E-state index contributed by atoms with van der Waals surface area (Å²) in [4.78, 5) is 41.8. The van der Waals surface area contributed by atoms with Crippen LogP contribution in [0, 0.1) is 5.82 Å². The van der Waals surface area contributed by atoms with Crippen LogP contribution in [0.25, 0.3) is 11.3 Å². The summed E-state index contributed by atoms with van der Waals surface area (Å²) in [6.07, 6.45) is -1.94. The van der Waals surface area contributed by atoms with Gasteiger partial charge in [-0.25, -0.2) is 14.4 Å². The molecule has 240 valence electrons. The lowest BCUT2D eigenvalue weighted by Gasteiger charge is -2.43. The van der Waals surface area contributed by atoms with Crippen molar-refractivity contribution in [3.8, 4) is 17.1 Å². The Kier molecular flexibility index (Phi) is 9.56. The molecule has 2 aliphatic rings. The first-order valence-electron chi connectivity index (χ1n) is 15.0. The molecule has 3 aromatic rings. The van der Waals surface area contributed by atoms with Crippen molar-refractivity contribution in [2.45, 2.75) is 44.9 Å². The number of anilines is 1. The molecule has 0 saturated carbocycles. The van der Waals surface area contributed by atoms with Crippen LogP contribution in [0.2, 0.25) is 0 Å². The van der Waals surface area contributed by atoms with Crippen molar-refractivity contribution in [1.82, 2.24) is 25.1 Å². The predicted molar refractivity (Wildman–Crippen MR) is 161 cm³/mol. The number of rotatable bonds is 8. The standard InChI is InChI=1S/C32H36F4N6O3/c1-4-22-19-41(31(44)23-9-8-20(33)17-25(23)32(34,35)36)15-16-42(22)27-11-10-26(24-7-6-13-37-30(24)45-5-2)39-28(27)29(43)38-21-12-14-40(3)18-21/h6-11,13,17,21-22H,4-5,12,14-16,18-19H2,1-3H3,(H,38,43)/t21-,22-/m1/s1. The summed E-state index contributed by atoms with van der Waals surface area (Å²) >= 11 is 0. The van der Waals surface area contributed by atoms with Gasteiger partial charge in [-0.1, -0.05) is 6.92 Å². The lowest BCUT2D eigenvalue weighted by molar-refractivity contribution is -0.138. The van der Waals surface area contributed by atoms with Crippen LogP contribution in [0.15, 0.2) is 48.7 Å². The highest BCUT2D eigenvalue weighted by Gasteiger charge is 2.39. The van der Waals surface area contributed by atoms with Crippen LogP contribution in [0.3, 0.4) is 0 Å². The average molecular weight is 629 g/mol. The van der Waals surface area contributed by atoms with Gasteiger partial charge in [-0.2, -0.15) is 13.2 Å². The van der Waals surface area contributed by atoms with E-state index in [-0.39, 0.29) is 43.3 Å². The van der Waals surface area contributed by atoms with Gasteiger partial charge in [-0.3, -0.25) is 9.59 Å². The highest BCUT2D eigenvalue weighted by molar-refractivity contribution is 5.99. The van der Waals surface area contributed by atoms with Crippen molar-refractivity contribution in [3.05, 3.63) is 71.3 Å². The van der Waals surface area contributed by atoms with Gasteiger partial charge < -0.3 is 24.8 Å². The molecule has 2 atom stereocenters.